The Kier molecular flexibility index (Phi) is 2.93. The zero-order valence-electron chi connectivity index (χ0n) is 8.64. The van der Waals surface area contributed by atoms with Crippen LogP contribution in [0.5, 0.6) is 0 Å². The minimum atomic E-state index is 0.811. The predicted octanol–water partition coefficient (Wildman–Crippen LogP) is 2.40. The van der Waals surface area contributed by atoms with Crippen LogP contribution in [0, 0.1) is 6.92 Å². The lowest BCUT2D eigenvalue weighted by Crippen LogP contribution is -1.99. The van der Waals surface area contributed by atoms with E-state index in [-0.39, 0.29) is 0 Å². The van der Waals surface area contributed by atoms with E-state index >= 15 is 0 Å². The van der Waals surface area contributed by atoms with Crippen molar-refractivity contribution in [1.29, 1.82) is 0 Å². The number of aromatic nitrogens is 2. The van der Waals surface area contributed by atoms with Gasteiger partial charge in [-0.1, -0.05) is 0 Å². The minimum Gasteiger partial charge on any atom is -0.381 e. The second-order valence-electron chi connectivity index (χ2n) is 3.39. The second kappa shape index (κ2) is 4.55. The van der Waals surface area contributed by atoms with E-state index < -0.39 is 0 Å². The normalized spacial score (nSPS) is 9.93. The van der Waals surface area contributed by atoms with Crippen molar-refractivity contribution in [1.82, 2.24) is 9.97 Å². The maximum Gasteiger partial charge on any atom is 0.0401 e. The van der Waals surface area contributed by atoms with Crippen LogP contribution in [0.3, 0.4) is 0 Å². The van der Waals surface area contributed by atoms with Crippen LogP contribution in [0.1, 0.15) is 11.3 Å². The summed E-state index contributed by atoms with van der Waals surface area (Å²) in [7, 11) is 0. The van der Waals surface area contributed by atoms with E-state index in [1.807, 2.05) is 37.4 Å². The fourth-order valence-corrected chi connectivity index (χ4v) is 1.36. The van der Waals surface area contributed by atoms with E-state index in [1.165, 1.54) is 5.56 Å². The van der Waals surface area contributed by atoms with E-state index in [1.54, 1.807) is 12.4 Å². The molecule has 0 atom stereocenters. The van der Waals surface area contributed by atoms with E-state index in [0.29, 0.717) is 0 Å². The quantitative estimate of drug-likeness (QED) is 0.824. The van der Waals surface area contributed by atoms with Gasteiger partial charge in [-0.15, -0.1) is 0 Å². The summed E-state index contributed by atoms with van der Waals surface area (Å²) in [5.74, 6) is 0. The van der Waals surface area contributed by atoms with Gasteiger partial charge in [0.1, 0.15) is 0 Å². The Morgan fingerprint density at radius 2 is 1.93 bits per heavy atom. The first kappa shape index (κ1) is 9.65. The van der Waals surface area contributed by atoms with Crippen molar-refractivity contribution in [2.75, 3.05) is 5.32 Å². The summed E-state index contributed by atoms with van der Waals surface area (Å²) >= 11 is 0. The molecule has 3 nitrogen and oxygen atoms in total. The molecule has 0 unspecified atom stereocenters. The molecule has 0 fully saturated rings. The lowest BCUT2D eigenvalue weighted by Gasteiger charge is -2.06. The fourth-order valence-electron chi connectivity index (χ4n) is 1.36. The van der Waals surface area contributed by atoms with Gasteiger partial charge in [0.05, 0.1) is 0 Å². The van der Waals surface area contributed by atoms with Crippen molar-refractivity contribution < 1.29 is 0 Å². The highest BCUT2D eigenvalue weighted by Crippen LogP contribution is 2.08. The molecule has 2 heterocycles. The van der Waals surface area contributed by atoms with Crippen LogP contribution in [0.25, 0.3) is 0 Å². The average Bonchev–Trinajstić information content (AvgIpc) is 2.28. The van der Waals surface area contributed by atoms with Gasteiger partial charge in [0.15, 0.2) is 0 Å². The molecule has 1 N–H and O–H groups in total. The van der Waals surface area contributed by atoms with Gasteiger partial charge in [-0.05, 0) is 36.8 Å². The van der Waals surface area contributed by atoms with Crippen molar-refractivity contribution in [3.05, 3.63) is 54.1 Å². The molecule has 2 aromatic rings. The van der Waals surface area contributed by atoms with Crippen LogP contribution in [0.15, 0.2) is 42.9 Å². The molecule has 0 aromatic carbocycles. The zero-order chi connectivity index (χ0) is 10.5. The largest absolute Gasteiger partial charge is 0.381 e. The minimum absolute atomic E-state index is 0.811. The highest BCUT2D eigenvalue weighted by molar-refractivity contribution is 5.43. The van der Waals surface area contributed by atoms with Gasteiger partial charge in [-0.3, -0.25) is 9.97 Å². The summed E-state index contributed by atoms with van der Waals surface area (Å²) in [4.78, 5) is 8.12. The molecule has 0 aliphatic heterocycles. The van der Waals surface area contributed by atoms with Crippen molar-refractivity contribution in [2.45, 2.75) is 13.5 Å². The van der Waals surface area contributed by atoms with Gasteiger partial charge >= 0.3 is 0 Å². The Morgan fingerprint density at radius 3 is 2.67 bits per heavy atom. The summed E-state index contributed by atoms with van der Waals surface area (Å²) in [6, 6.07) is 8.00. The molecule has 15 heavy (non-hydrogen) atoms. The van der Waals surface area contributed by atoms with Crippen molar-refractivity contribution in [3.63, 3.8) is 0 Å². The van der Waals surface area contributed by atoms with Crippen LogP contribution in [0.2, 0.25) is 0 Å². The van der Waals surface area contributed by atoms with Gasteiger partial charge in [-0.25, -0.2) is 0 Å². The molecule has 0 spiro atoms. The summed E-state index contributed by atoms with van der Waals surface area (Å²) in [5, 5.41) is 3.33. The molecule has 76 valence electrons. The molecule has 3 heteroatoms. The Hall–Kier alpha value is -1.90. The monoisotopic (exact) mass is 199 g/mol. The molecular weight excluding hydrogens is 186 g/mol. The third-order valence-corrected chi connectivity index (χ3v) is 2.14. The predicted molar refractivity (Wildman–Crippen MR) is 60.5 cm³/mol. The molecular formula is C12H13N3. The van der Waals surface area contributed by atoms with E-state index in [0.717, 1.165) is 17.9 Å². The topological polar surface area (TPSA) is 37.8 Å². The average molecular weight is 199 g/mol. The van der Waals surface area contributed by atoms with Crippen molar-refractivity contribution in [3.8, 4) is 0 Å². The highest BCUT2D eigenvalue weighted by Gasteiger charge is 1.93. The van der Waals surface area contributed by atoms with Crippen LogP contribution in [-0.2, 0) is 6.54 Å². The maximum absolute atomic E-state index is 4.14. The first-order chi connectivity index (χ1) is 7.34. The second-order valence-corrected chi connectivity index (χ2v) is 3.39. The summed E-state index contributed by atoms with van der Waals surface area (Å²) in [6.07, 6.45) is 5.41. The Labute approximate surface area is 89.2 Å². The number of hydrogen-bond acceptors (Lipinski definition) is 3. The Balaban J connectivity index is 1.99. The number of rotatable bonds is 3. The van der Waals surface area contributed by atoms with Gasteiger partial charge in [0, 0.05) is 36.5 Å². The van der Waals surface area contributed by atoms with Gasteiger partial charge < -0.3 is 5.32 Å². The van der Waals surface area contributed by atoms with E-state index in [4.69, 9.17) is 0 Å². The SMILES string of the molecule is Cc1cc(NCc2ccncc2)ccn1. The van der Waals surface area contributed by atoms with Crippen LogP contribution in [0.4, 0.5) is 5.69 Å². The number of pyridine rings is 2. The third kappa shape index (κ3) is 2.77. The first-order valence-corrected chi connectivity index (χ1v) is 4.90. The summed E-state index contributed by atoms with van der Waals surface area (Å²) in [5.41, 5.74) is 3.34. The lowest BCUT2D eigenvalue weighted by molar-refractivity contribution is 1.11. The number of nitrogens with one attached hydrogen (secondary N) is 1. The van der Waals surface area contributed by atoms with Crippen LogP contribution < -0.4 is 5.32 Å². The number of nitrogens with zero attached hydrogens (tertiary/aromatic N) is 2. The molecule has 0 radical (unpaired) electrons. The Morgan fingerprint density at radius 1 is 1.13 bits per heavy atom. The van der Waals surface area contributed by atoms with Crippen LogP contribution >= 0.6 is 0 Å². The zero-order valence-corrected chi connectivity index (χ0v) is 8.64. The maximum atomic E-state index is 4.14. The summed E-state index contributed by atoms with van der Waals surface area (Å²) < 4.78 is 0. The first-order valence-electron chi connectivity index (χ1n) is 4.90. The van der Waals surface area contributed by atoms with Crippen LogP contribution in [-0.4, -0.2) is 9.97 Å². The van der Waals surface area contributed by atoms with Gasteiger partial charge in [-0.2, -0.15) is 0 Å². The number of aryl methyl sites for hydroxylation is 1. The molecule has 2 rings (SSSR count). The van der Waals surface area contributed by atoms with E-state index in [9.17, 15) is 0 Å². The van der Waals surface area contributed by atoms with Crippen molar-refractivity contribution >= 4 is 5.69 Å². The lowest BCUT2D eigenvalue weighted by atomic mass is 10.2. The van der Waals surface area contributed by atoms with Gasteiger partial charge in [0.2, 0.25) is 0 Å². The number of hydrogen-bond donors (Lipinski definition) is 1. The number of anilines is 1. The molecule has 0 aliphatic carbocycles. The molecule has 2 aromatic heterocycles. The van der Waals surface area contributed by atoms with Gasteiger partial charge in [0.25, 0.3) is 0 Å². The molecule has 0 saturated heterocycles. The molecule has 0 amide bonds. The summed E-state index contributed by atoms with van der Waals surface area (Å²) in [6.45, 7) is 2.80. The molecule has 0 aliphatic rings. The Bertz CT molecular complexity index is 426. The molecule has 0 bridgehead atoms. The standard InChI is InChI=1S/C12H13N3/c1-10-8-12(4-7-14-10)15-9-11-2-5-13-6-3-11/h2-8H,9H2,1H3,(H,14,15). The molecule has 0 saturated carbocycles. The van der Waals surface area contributed by atoms with Crippen molar-refractivity contribution in [2.24, 2.45) is 0 Å². The third-order valence-electron chi connectivity index (χ3n) is 2.14. The smallest absolute Gasteiger partial charge is 0.0401 e. The highest BCUT2D eigenvalue weighted by atomic mass is 14.9. The van der Waals surface area contributed by atoms with E-state index in [2.05, 4.69) is 15.3 Å². The fraction of sp³-hybridized carbons (Fsp3) is 0.167.